The van der Waals surface area contributed by atoms with Gasteiger partial charge in [0.1, 0.15) is 0 Å². The van der Waals surface area contributed by atoms with E-state index in [0.29, 0.717) is 5.41 Å². The summed E-state index contributed by atoms with van der Waals surface area (Å²) >= 11 is 0. The minimum atomic E-state index is 0.383. The van der Waals surface area contributed by atoms with Gasteiger partial charge in [-0.15, -0.1) is 0 Å². The Morgan fingerprint density at radius 2 is 2.05 bits per heavy atom. The second-order valence-corrected chi connectivity index (χ2v) is 6.90. The van der Waals surface area contributed by atoms with E-state index in [4.69, 9.17) is 0 Å². The molecule has 0 fully saturated rings. The minimum Gasteiger partial charge on any atom is -0.316 e. The van der Waals surface area contributed by atoms with Crippen LogP contribution in [-0.2, 0) is 11.8 Å². The Hall–Kier alpha value is -0.820. The lowest BCUT2D eigenvalue weighted by atomic mass is 9.66. The number of nitrogens with one attached hydrogen (secondary N) is 1. The molecule has 0 spiro atoms. The first-order valence-corrected chi connectivity index (χ1v) is 8.47. The van der Waals surface area contributed by atoms with Crippen LogP contribution < -0.4 is 5.32 Å². The fourth-order valence-corrected chi connectivity index (χ4v) is 3.61. The zero-order chi connectivity index (χ0) is 14.4. The quantitative estimate of drug-likeness (QED) is 0.710. The first-order valence-electron chi connectivity index (χ1n) is 8.47. The van der Waals surface area contributed by atoms with Crippen LogP contribution in [-0.4, -0.2) is 13.1 Å². The Bertz CT molecular complexity index is 410. The maximum Gasteiger partial charge on any atom is 0.00807 e. The van der Waals surface area contributed by atoms with Crippen molar-refractivity contribution in [2.24, 2.45) is 5.92 Å². The number of fused-ring (bicyclic) bond motifs is 1. The van der Waals surface area contributed by atoms with Gasteiger partial charge in [-0.05, 0) is 55.7 Å². The van der Waals surface area contributed by atoms with E-state index in [1.165, 1.54) is 38.5 Å². The van der Waals surface area contributed by atoms with Crippen LogP contribution in [0.1, 0.15) is 64.0 Å². The van der Waals surface area contributed by atoms with E-state index in [1.54, 1.807) is 11.1 Å². The Kier molecular flexibility index (Phi) is 5.65. The van der Waals surface area contributed by atoms with Crippen LogP contribution in [0.2, 0.25) is 0 Å². The molecule has 1 aromatic rings. The van der Waals surface area contributed by atoms with Crippen molar-refractivity contribution in [3.63, 3.8) is 0 Å². The van der Waals surface area contributed by atoms with Crippen LogP contribution in [0.25, 0.3) is 0 Å². The maximum absolute atomic E-state index is 3.71. The predicted octanol–water partition coefficient (Wildman–Crippen LogP) is 4.70. The third kappa shape index (κ3) is 3.63. The summed E-state index contributed by atoms with van der Waals surface area (Å²) < 4.78 is 0. The van der Waals surface area contributed by atoms with Crippen molar-refractivity contribution in [1.82, 2.24) is 5.32 Å². The van der Waals surface area contributed by atoms with E-state index in [-0.39, 0.29) is 0 Å². The summed E-state index contributed by atoms with van der Waals surface area (Å²) in [6.07, 6.45) is 7.87. The van der Waals surface area contributed by atoms with Crippen molar-refractivity contribution in [1.29, 1.82) is 0 Å². The van der Waals surface area contributed by atoms with Gasteiger partial charge in [0, 0.05) is 12.0 Å². The van der Waals surface area contributed by atoms with Crippen LogP contribution >= 0.6 is 0 Å². The average molecular weight is 273 g/mol. The Morgan fingerprint density at radius 1 is 1.25 bits per heavy atom. The molecular formula is C19H31N. The number of hydrogen-bond acceptors (Lipinski definition) is 1. The van der Waals surface area contributed by atoms with Crippen molar-refractivity contribution < 1.29 is 0 Å². The molecular weight excluding hydrogens is 242 g/mol. The van der Waals surface area contributed by atoms with Gasteiger partial charge in [-0.2, -0.15) is 0 Å². The van der Waals surface area contributed by atoms with Crippen molar-refractivity contribution in [2.45, 2.75) is 64.7 Å². The lowest BCUT2D eigenvalue weighted by Gasteiger charge is -2.40. The van der Waals surface area contributed by atoms with Crippen LogP contribution in [0.3, 0.4) is 0 Å². The summed E-state index contributed by atoms with van der Waals surface area (Å²) in [4.78, 5) is 0. The summed E-state index contributed by atoms with van der Waals surface area (Å²) in [5, 5.41) is 3.71. The molecule has 2 rings (SSSR count). The first kappa shape index (κ1) is 15.6. The summed E-state index contributed by atoms with van der Waals surface area (Å²) in [6.45, 7) is 9.25. The Balaban J connectivity index is 2.22. The van der Waals surface area contributed by atoms with Gasteiger partial charge in [0.25, 0.3) is 0 Å². The molecule has 0 radical (unpaired) electrons. The lowest BCUT2D eigenvalue weighted by Crippen LogP contribution is -2.41. The number of aryl methyl sites for hydroxylation is 1. The maximum atomic E-state index is 3.71. The number of benzene rings is 1. The molecule has 1 N–H and O–H groups in total. The SMILES string of the molecule is CCCNCC1(CCC(C)C)CCCc2ccccc21. The smallest absolute Gasteiger partial charge is 0.00807 e. The highest BCUT2D eigenvalue weighted by molar-refractivity contribution is 5.37. The van der Waals surface area contributed by atoms with E-state index < -0.39 is 0 Å². The molecule has 0 amide bonds. The minimum absolute atomic E-state index is 0.383. The monoisotopic (exact) mass is 273 g/mol. The zero-order valence-electron chi connectivity index (χ0n) is 13.5. The number of rotatable bonds is 7. The third-order valence-electron chi connectivity index (χ3n) is 4.78. The fraction of sp³-hybridized carbons (Fsp3) is 0.684. The second kappa shape index (κ2) is 7.26. The average Bonchev–Trinajstić information content (AvgIpc) is 2.46. The zero-order valence-corrected chi connectivity index (χ0v) is 13.5. The molecule has 1 aromatic carbocycles. The highest BCUT2D eigenvalue weighted by Gasteiger charge is 2.35. The molecule has 1 heteroatoms. The van der Waals surface area contributed by atoms with Crippen LogP contribution in [0.15, 0.2) is 24.3 Å². The molecule has 0 heterocycles. The first-order chi connectivity index (χ1) is 9.68. The molecule has 1 unspecified atom stereocenters. The molecule has 1 aliphatic rings. The van der Waals surface area contributed by atoms with Gasteiger partial charge < -0.3 is 5.32 Å². The van der Waals surface area contributed by atoms with Gasteiger partial charge in [-0.3, -0.25) is 0 Å². The van der Waals surface area contributed by atoms with Gasteiger partial charge in [0.2, 0.25) is 0 Å². The molecule has 0 saturated carbocycles. The highest BCUT2D eigenvalue weighted by Crippen LogP contribution is 2.41. The lowest BCUT2D eigenvalue weighted by molar-refractivity contribution is 0.294. The Morgan fingerprint density at radius 3 is 2.80 bits per heavy atom. The van der Waals surface area contributed by atoms with E-state index in [0.717, 1.165) is 19.0 Å². The highest BCUT2D eigenvalue weighted by atomic mass is 14.9. The third-order valence-corrected chi connectivity index (χ3v) is 4.78. The molecule has 0 aliphatic heterocycles. The van der Waals surface area contributed by atoms with Gasteiger partial charge in [-0.25, -0.2) is 0 Å². The van der Waals surface area contributed by atoms with Gasteiger partial charge in [0.15, 0.2) is 0 Å². The Labute approximate surface area is 125 Å². The molecule has 1 nitrogen and oxygen atoms in total. The van der Waals surface area contributed by atoms with Crippen molar-refractivity contribution >= 4 is 0 Å². The molecule has 0 saturated heterocycles. The summed E-state index contributed by atoms with van der Waals surface area (Å²) in [7, 11) is 0. The van der Waals surface area contributed by atoms with Gasteiger partial charge >= 0.3 is 0 Å². The van der Waals surface area contributed by atoms with Gasteiger partial charge in [0.05, 0.1) is 0 Å². The fourth-order valence-electron chi connectivity index (χ4n) is 3.61. The molecule has 0 bridgehead atoms. The summed E-state index contributed by atoms with van der Waals surface area (Å²) in [5.41, 5.74) is 3.62. The molecule has 0 aromatic heterocycles. The van der Waals surface area contributed by atoms with Crippen molar-refractivity contribution in [3.05, 3.63) is 35.4 Å². The van der Waals surface area contributed by atoms with Crippen LogP contribution in [0.4, 0.5) is 0 Å². The second-order valence-electron chi connectivity index (χ2n) is 6.90. The molecule has 1 atom stereocenters. The van der Waals surface area contributed by atoms with Crippen molar-refractivity contribution in [3.8, 4) is 0 Å². The normalized spacial score (nSPS) is 22.0. The van der Waals surface area contributed by atoms with Gasteiger partial charge in [-0.1, -0.05) is 51.5 Å². The van der Waals surface area contributed by atoms with Crippen molar-refractivity contribution in [2.75, 3.05) is 13.1 Å². The largest absolute Gasteiger partial charge is 0.316 e. The standard InChI is InChI=1S/C19H31N/c1-4-14-20-15-19(13-11-16(2)3)12-7-9-17-8-5-6-10-18(17)19/h5-6,8,10,16,20H,4,7,9,11-15H2,1-3H3. The number of hydrogen-bond donors (Lipinski definition) is 1. The molecule has 20 heavy (non-hydrogen) atoms. The molecule has 1 aliphatic carbocycles. The topological polar surface area (TPSA) is 12.0 Å². The van der Waals surface area contributed by atoms with Crippen LogP contribution in [0.5, 0.6) is 0 Å². The van der Waals surface area contributed by atoms with E-state index in [1.807, 2.05) is 0 Å². The van der Waals surface area contributed by atoms with E-state index in [9.17, 15) is 0 Å². The van der Waals surface area contributed by atoms with E-state index >= 15 is 0 Å². The summed E-state index contributed by atoms with van der Waals surface area (Å²) in [6, 6.07) is 9.17. The summed E-state index contributed by atoms with van der Waals surface area (Å²) in [5.74, 6) is 0.798. The van der Waals surface area contributed by atoms with Crippen LogP contribution in [0, 0.1) is 5.92 Å². The molecule has 112 valence electrons. The van der Waals surface area contributed by atoms with E-state index in [2.05, 4.69) is 50.4 Å². The predicted molar refractivity (Wildman–Crippen MR) is 88.3 cm³/mol.